The molecule has 2 bridgehead atoms. The number of benzene rings is 1. The van der Waals surface area contributed by atoms with Gasteiger partial charge in [0.1, 0.15) is 6.54 Å². The minimum atomic E-state index is -0.399. The molecule has 2 saturated carbocycles. The zero-order chi connectivity index (χ0) is 17.7. The molecule has 6 nitrogen and oxygen atoms in total. The topological polar surface area (TPSA) is 83.6 Å². The third kappa shape index (κ3) is 2.56. The normalized spacial score (nSPS) is 29.9. The van der Waals surface area contributed by atoms with Gasteiger partial charge < -0.3 is 5.32 Å². The highest BCUT2D eigenvalue weighted by Gasteiger charge is 2.60. The van der Waals surface area contributed by atoms with Crippen molar-refractivity contribution >= 4 is 29.2 Å². The van der Waals surface area contributed by atoms with Gasteiger partial charge in [-0.1, -0.05) is 0 Å². The number of likely N-dealkylation sites (tertiary alicyclic amines) is 1. The van der Waals surface area contributed by atoms with Crippen LogP contribution >= 0.6 is 0 Å². The van der Waals surface area contributed by atoms with Gasteiger partial charge in [-0.15, -0.1) is 0 Å². The summed E-state index contributed by atoms with van der Waals surface area (Å²) in [6.45, 7) is 1.24. The zero-order valence-corrected chi connectivity index (χ0v) is 14.0. The van der Waals surface area contributed by atoms with Crippen LogP contribution in [0.3, 0.4) is 0 Å². The number of rotatable bonds is 4. The van der Waals surface area contributed by atoms with E-state index >= 15 is 0 Å². The molecule has 2 aliphatic carbocycles. The molecule has 3 aliphatic rings. The van der Waals surface area contributed by atoms with Crippen molar-refractivity contribution in [3.05, 3.63) is 29.8 Å². The number of nitrogens with one attached hydrogen (secondary N) is 1. The molecular weight excluding hydrogens is 320 g/mol. The maximum atomic E-state index is 12.6. The van der Waals surface area contributed by atoms with E-state index in [1.165, 1.54) is 6.92 Å². The number of fused-ring (bicyclic) bond motifs is 5. The van der Waals surface area contributed by atoms with Gasteiger partial charge in [-0.3, -0.25) is 24.1 Å². The summed E-state index contributed by atoms with van der Waals surface area (Å²) in [5, 5.41) is 2.68. The van der Waals surface area contributed by atoms with E-state index in [2.05, 4.69) is 5.32 Å². The van der Waals surface area contributed by atoms with Crippen LogP contribution in [0.25, 0.3) is 0 Å². The summed E-state index contributed by atoms with van der Waals surface area (Å²) in [6, 6.07) is 6.53. The fraction of sp³-hybridized carbons (Fsp3) is 0.474. The molecule has 4 atom stereocenters. The molecule has 130 valence electrons. The second kappa shape index (κ2) is 5.79. The number of imide groups is 1. The molecule has 6 heteroatoms. The van der Waals surface area contributed by atoms with Gasteiger partial charge >= 0.3 is 0 Å². The maximum Gasteiger partial charge on any atom is 0.244 e. The van der Waals surface area contributed by atoms with Crippen LogP contribution in [0.2, 0.25) is 0 Å². The summed E-state index contributed by atoms with van der Waals surface area (Å²) in [4.78, 5) is 49.8. The number of carbonyl (C=O) groups is 4. The Kier molecular flexibility index (Phi) is 3.71. The van der Waals surface area contributed by atoms with Crippen LogP contribution < -0.4 is 5.32 Å². The first kappa shape index (κ1) is 16.0. The summed E-state index contributed by atoms with van der Waals surface area (Å²) >= 11 is 0. The van der Waals surface area contributed by atoms with Gasteiger partial charge in [-0.2, -0.15) is 0 Å². The predicted molar refractivity (Wildman–Crippen MR) is 89.6 cm³/mol. The number of carbonyl (C=O) groups excluding carboxylic acids is 4. The predicted octanol–water partition coefficient (Wildman–Crippen LogP) is 1.86. The summed E-state index contributed by atoms with van der Waals surface area (Å²) in [7, 11) is 0. The largest absolute Gasteiger partial charge is 0.325 e. The highest BCUT2D eigenvalue weighted by Crippen LogP contribution is 2.56. The standard InChI is InChI=1S/C19H20N2O4/c1-10(22)11-4-6-14(7-5-11)20-15(23)9-21-18(24)16-12-2-3-13(8-12)17(16)19(21)25/h4-7,12-13,16-17H,2-3,8-9H2,1H3,(H,20,23)/t12-,13-,16-,17-/m0/s1. The van der Waals surface area contributed by atoms with Crippen LogP contribution in [0.5, 0.6) is 0 Å². The van der Waals surface area contributed by atoms with Gasteiger partial charge in [0.15, 0.2) is 5.78 Å². The Morgan fingerprint density at radius 3 is 2.12 bits per heavy atom. The Morgan fingerprint density at radius 2 is 1.60 bits per heavy atom. The van der Waals surface area contributed by atoms with Crippen molar-refractivity contribution in [1.29, 1.82) is 0 Å². The minimum Gasteiger partial charge on any atom is -0.325 e. The van der Waals surface area contributed by atoms with Crippen LogP contribution in [0.4, 0.5) is 5.69 Å². The first-order chi connectivity index (χ1) is 12.0. The van der Waals surface area contributed by atoms with E-state index in [0.29, 0.717) is 23.1 Å². The minimum absolute atomic E-state index is 0.0488. The first-order valence-corrected chi connectivity index (χ1v) is 8.72. The second-order valence-electron chi connectivity index (χ2n) is 7.33. The van der Waals surface area contributed by atoms with Crippen molar-refractivity contribution in [1.82, 2.24) is 4.90 Å². The Bertz CT molecular complexity index is 742. The van der Waals surface area contributed by atoms with Gasteiger partial charge in [-0.25, -0.2) is 0 Å². The van der Waals surface area contributed by atoms with E-state index in [1.54, 1.807) is 24.3 Å². The average molecular weight is 340 g/mol. The van der Waals surface area contributed by atoms with Gasteiger partial charge in [0.05, 0.1) is 11.8 Å². The van der Waals surface area contributed by atoms with Gasteiger partial charge in [0.25, 0.3) is 0 Å². The van der Waals surface area contributed by atoms with Crippen molar-refractivity contribution in [2.24, 2.45) is 23.7 Å². The number of anilines is 1. The molecular formula is C19H20N2O4. The molecule has 1 aromatic carbocycles. The van der Waals surface area contributed by atoms with Crippen LogP contribution in [0.1, 0.15) is 36.5 Å². The fourth-order valence-corrected chi connectivity index (χ4v) is 4.76. The lowest BCUT2D eigenvalue weighted by Crippen LogP contribution is -2.39. The third-order valence-corrected chi connectivity index (χ3v) is 5.90. The monoisotopic (exact) mass is 340 g/mol. The number of hydrogen-bond donors (Lipinski definition) is 1. The summed E-state index contributed by atoms with van der Waals surface area (Å²) in [5.74, 6) is -0.564. The van der Waals surface area contributed by atoms with Gasteiger partial charge in [0.2, 0.25) is 17.7 Å². The van der Waals surface area contributed by atoms with Crippen LogP contribution in [0.15, 0.2) is 24.3 Å². The molecule has 3 amide bonds. The molecule has 4 rings (SSSR count). The lowest BCUT2D eigenvalue weighted by molar-refractivity contribution is -0.143. The Morgan fingerprint density at radius 1 is 1.04 bits per heavy atom. The zero-order valence-electron chi connectivity index (χ0n) is 14.0. The van der Waals surface area contributed by atoms with Crippen molar-refractivity contribution < 1.29 is 19.2 Å². The summed E-state index contributed by atoms with van der Waals surface area (Å²) < 4.78 is 0. The van der Waals surface area contributed by atoms with E-state index in [-0.39, 0.29) is 36.0 Å². The lowest BCUT2D eigenvalue weighted by atomic mass is 9.81. The summed E-state index contributed by atoms with van der Waals surface area (Å²) in [5.41, 5.74) is 1.10. The maximum absolute atomic E-state index is 12.6. The molecule has 0 spiro atoms. The number of nitrogens with zero attached hydrogens (tertiary/aromatic N) is 1. The van der Waals surface area contributed by atoms with E-state index in [1.807, 2.05) is 0 Å². The summed E-state index contributed by atoms with van der Waals surface area (Å²) in [6.07, 6.45) is 3.02. The smallest absolute Gasteiger partial charge is 0.244 e. The molecule has 25 heavy (non-hydrogen) atoms. The Balaban J connectivity index is 1.42. The fourth-order valence-electron chi connectivity index (χ4n) is 4.76. The number of ketones is 1. The van der Waals surface area contributed by atoms with E-state index in [4.69, 9.17) is 0 Å². The number of Topliss-reactive ketones (excluding diaryl/α,β-unsaturated/α-hetero) is 1. The number of amides is 3. The van der Waals surface area contributed by atoms with E-state index in [9.17, 15) is 19.2 Å². The number of hydrogen-bond acceptors (Lipinski definition) is 4. The Labute approximate surface area is 145 Å². The molecule has 1 N–H and O–H groups in total. The van der Waals surface area contributed by atoms with E-state index < -0.39 is 5.91 Å². The molecule has 1 aliphatic heterocycles. The molecule has 1 heterocycles. The molecule has 1 aromatic rings. The second-order valence-corrected chi connectivity index (χ2v) is 7.33. The molecule has 3 fully saturated rings. The van der Waals surface area contributed by atoms with Crippen molar-refractivity contribution in [3.63, 3.8) is 0 Å². The van der Waals surface area contributed by atoms with Crippen molar-refractivity contribution in [2.45, 2.75) is 26.2 Å². The molecule has 0 unspecified atom stereocenters. The quantitative estimate of drug-likeness (QED) is 0.670. The van der Waals surface area contributed by atoms with Gasteiger partial charge in [-0.05, 0) is 62.3 Å². The molecule has 1 saturated heterocycles. The van der Waals surface area contributed by atoms with Gasteiger partial charge in [0, 0.05) is 11.3 Å². The molecule has 0 aromatic heterocycles. The highest BCUT2D eigenvalue weighted by molar-refractivity contribution is 6.09. The Hall–Kier alpha value is -2.50. The van der Waals surface area contributed by atoms with Crippen LogP contribution in [0, 0.1) is 23.7 Å². The highest BCUT2D eigenvalue weighted by atomic mass is 16.2. The third-order valence-electron chi connectivity index (χ3n) is 5.90. The van der Waals surface area contributed by atoms with Crippen molar-refractivity contribution in [3.8, 4) is 0 Å². The first-order valence-electron chi connectivity index (χ1n) is 8.72. The average Bonchev–Trinajstić information content (AvgIpc) is 3.25. The molecule has 0 radical (unpaired) electrons. The van der Waals surface area contributed by atoms with Crippen LogP contribution in [-0.2, 0) is 14.4 Å². The van der Waals surface area contributed by atoms with Crippen LogP contribution in [-0.4, -0.2) is 34.9 Å². The van der Waals surface area contributed by atoms with E-state index in [0.717, 1.165) is 24.2 Å². The van der Waals surface area contributed by atoms with Crippen molar-refractivity contribution in [2.75, 3.05) is 11.9 Å². The lowest BCUT2D eigenvalue weighted by Gasteiger charge is -2.19. The SMILES string of the molecule is CC(=O)c1ccc(NC(=O)CN2C(=O)[C@H]3[C@H]4CC[C@@H](C4)[C@@H]3C2=O)cc1.